The highest BCUT2D eigenvalue weighted by atomic mass is 15.0. The second-order valence-corrected chi connectivity index (χ2v) is 11.4. The van der Waals surface area contributed by atoms with Crippen molar-refractivity contribution in [3.8, 4) is 39.6 Å². The summed E-state index contributed by atoms with van der Waals surface area (Å²) >= 11 is 0. The SMILES string of the molecule is c1ccc(-c2cc(-c3cccc(-n4c5ccccc5c5c6ccccc6c6ccccc6c54)c3)nc(-c3ccccc3)n2)cc1. The van der Waals surface area contributed by atoms with Crippen molar-refractivity contribution in [2.75, 3.05) is 0 Å². The van der Waals surface area contributed by atoms with E-state index in [-0.39, 0.29) is 0 Å². The zero-order valence-corrected chi connectivity index (χ0v) is 24.4. The summed E-state index contributed by atoms with van der Waals surface area (Å²) in [5.41, 5.74) is 8.40. The number of hydrogen-bond acceptors (Lipinski definition) is 2. The summed E-state index contributed by atoms with van der Waals surface area (Å²) in [5, 5.41) is 7.59. The molecule has 0 radical (unpaired) electrons. The van der Waals surface area contributed by atoms with E-state index in [2.05, 4.69) is 144 Å². The lowest BCUT2D eigenvalue weighted by atomic mass is 9.97. The van der Waals surface area contributed by atoms with E-state index in [1.54, 1.807) is 0 Å². The first kappa shape index (κ1) is 25.4. The zero-order valence-electron chi connectivity index (χ0n) is 24.4. The van der Waals surface area contributed by atoms with Crippen molar-refractivity contribution in [3.63, 3.8) is 0 Å². The van der Waals surface area contributed by atoms with Crippen LogP contribution in [0.2, 0.25) is 0 Å². The second-order valence-electron chi connectivity index (χ2n) is 11.4. The van der Waals surface area contributed by atoms with Gasteiger partial charge in [-0.25, -0.2) is 9.97 Å². The molecule has 45 heavy (non-hydrogen) atoms. The van der Waals surface area contributed by atoms with Crippen LogP contribution in [0.1, 0.15) is 0 Å². The Labute approximate surface area is 260 Å². The average Bonchev–Trinajstić information content (AvgIpc) is 3.48. The minimum Gasteiger partial charge on any atom is -0.309 e. The minimum atomic E-state index is 0.715. The van der Waals surface area contributed by atoms with Crippen LogP contribution in [0.15, 0.2) is 164 Å². The van der Waals surface area contributed by atoms with Gasteiger partial charge in [0.05, 0.1) is 22.4 Å². The highest BCUT2D eigenvalue weighted by molar-refractivity contribution is 6.32. The van der Waals surface area contributed by atoms with Crippen LogP contribution < -0.4 is 0 Å². The molecule has 0 bridgehead atoms. The maximum Gasteiger partial charge on any atom is 0.160 e. The Bertz CT molecular complexity index is 2470. The molecule has 0 atom stereocenters. The Morgan fingerprint density at radius 2 is 0.911 bits per heavy atom. The normalized spacial score (nSPS) is 11.6. The van der Waals surface area contributed by atoms with Gasteiger partial charge in [-0.2, -0.15) is 0 Å². The number of nitrogens with zero attached hydrogens (tertiary/aromatic N) is 3. The molecule has 9 aromatic rings. The molecule has 2 aromatic heterocycles. The largest absolute Gasteiger partial charge is 0.309 e. The van der Waals surface area contributed by atoms with Crippen molar-refractivity contribution in [2.45, 2.75) is 0 Å². The molecule has 0 saturated heterocycles. The fourth-order valence-corrected chi connectivity index (χ4v) is 6.77. The van der Waals surface area contributed by atoms with Crippen molar-refractivity contribution >= 4 is 43.4 Å². The van der Waals surface area contributed by atoms with Gasteiger partial charge in [-0.1, -0.05) is 140 Å². The molecule has 3 heteroatoms. The first-order valence-electron chi connectivity index (χ1n) is 15.3. The molecule has 7 aromatic carbocycles. The number of rotatable bonds is 4. The van der Waals surface area contributed by atoms with Crippen LogP contribution in [0.4, 0.5) is 0 Å². The summed E-state index contributed by atoms with van der Waals surface area (Å²) < 4.78 is 2.43. The van der Waals surface area contributed by atoms with Gasteiger partial charge in [-0.3, -0.25) is 0 Å². The molecule has 0 aliphatic rings. The summed E-state index contributed by atoms with van der Waals surface area (Å²) in [6.45, 7) is 0. The lowest BCUT2D eigenvalue weighted by Crippen LogP contribution is -1.98. The molecular formula is C42H27N3. The highest BCUT2D eigenvalue weighted by Crippen LogP contribution is 2.42. The van der Waals surface area contributed by atoms with Gasteiger partial charge in [0.2, 0.25) is 0 Å². The summed E-state index contributed by atoms with van der Waals surface area (Å²) in [5.74, 6) is 0.715. The van der Waals surface area contributed by atoms with Gasteiger partial charge in [0, 0.05) is 38.5 Å². The Kier molecular flexibility index (Phi) is 5.82. The Hall–Kier alpha value is -6.06. The molecule has 0 amide bonds. The maximum atomic E-state index is 5.12. The fourth-order valence-electron chi connectivity index (χ4n) is 6.77. The molecule has 3 nitrogen and oxygen atoms in total. The van der Waals surface area contributed by atoms with Gasteiger partial charge in [-0.05, 0) is 40.4 Å². The van der Waals surface area contributed by atoms with Crippen molar-refractivity contribution in [3.05, 3.63) is 164 Å². The van der Waals surface area contributed by atoms with Crippen LogP contribution in [0.3, 0.4) is 0 Å². The molecule has 0 spiro atoms. The predicted molar refractivity (Wildman–Crippen MR) is 188 cm³/mol. The standard InChI is InChI=1S/C42H27N3/c1-3-14-28(15-4-1)37-27-38(44-42(43-37)29-16-5-2-6-17-29)30-18-13-19-31(26-30)45-39-25-12-11-24-36(39)40-34-22-9-7-20-32(34)33-21-8-10-23-35(33)41(40)45/h1-27H. The Morgan fingerprint density at radius 1 is 0.378 bits per heavy atom. The second kappa shape index (κ2) is 10.3. The third-order valence-electron chi connectivity index (χ3n) is 8.77. The van der Waals surface area contributed by atoms with E-state index in [1.807, 2.05) is 24.3 Å². The average molecular weight is 574 g/mol. The molecule has 2 heterocycles. The molecule has 0 aliphatic heterocycles. The smallest absolute Gasteiger partial charge is 0.160 e. The quantitative estimate of drug-likeness (QED) is 0.196. The van der Waals surface area contributed by atoms with Crippen molar-refractivity contribution < 1.29 is 0 Å². The van der Waals surface area contributed by atoms with Crippen LogP contribution >= 0.6 is 0 Å². The summed E-state index contributed by atoms with van der Waals surface area (Å²) in [4.78, 5) is 10.1. The number of benzene rings is 7. The molecule has 0 N–H and O–H groups in total. The molecule has 9 rings (SSSR count). The van der Waals surface area contributed by atoms with E-state index < -0.39 is 0 Å². The van der Waals surface area contributed by atoms with E-state index in [9.17, 15) is 0 Å². The van der Waals surface area contributed by atoms with Crippen LogP contribution in [0.25, 0.3) is 82.9 Å². The molecule has 0 fully saturated rings. The van der Waals surface area contributed by atoms with Gasteiger partial charge < -0.3 is 4.57 Å². The number of para-hydroxylation sites is 1. The van der Waals surface area contributed by atoms with E-state index >= 15 is 0 Å². The Morgan fingerprint density at radius 3 is 1.64 bits per heavy atom. The van der Waals surface area contributed by atoms with Crippen molar-refractivity contribution in [1.82, 2.24) is 14.5 Å². The van der Waals surface area contributed by atoms with Gasteiger partial charge in [0.15, 0.2) is 5.82 Å². The zero-order chi connectivity index (χ0) is 29.7. The van der Waals surface area contributed by atoms with Crippen LogP contribution in [-0.4, -0.2) is 14.5 Å². The lowest BCUT2D eigenvalue weighted by molar-refractivity contribution is 1.17. The first-order valence-corrected chi connectivity index (χ1v) is 15.3. The molecule has 210 valence electrons. The van der Waals surface area contributed by atoms with E-state index in [1.165, 1.54) is 43.4 Å². The minimum absolute atomic E-state index is 0.715. The third-order valence-corrected chi connectivity index (χ3v) is 8.77. The van der Waals surface area contributed by atoms with Crippen molar-refractivity contribution in [1.29, 1.82) is 0 Å². The van der Waals surface area contributed by atoms with Crippen LogP contribution in [0.5, 0.6) is 0 Å². The maximum absolute atomic E-state index is 5.12. The van der Waals surface area contributed by atoms with Crippen LogP contribution in [0, 0.1) is 0 Å². The molecular weight excluding hydrogens is 546 g/mol. The highest BCUT2D eigenvalue weighted by Gasteiger charge is 2.19. The molecule has 0 saturated carbocycles. The molecule has 0 unspecified atom stereocenters. The molecule has 0 aliphatic carbocycles. The summed E-state index contributed by atoms with van der Waals surface area (Å²) in [6.07, 6.45) is 0. The first-order chi connectivity index (χ1) is 22.3. The van der Waals surface area contributed by atoms with Gasteiger partial charge in [-0.15, -0.1) is 0 Å². The van der Waals surface area contributed by atoms with Gasteiger partial charge in [0.1, 0.15) is 0 Å². The lowest BCUT2D eigenvalue weighted by Gasteiger charge is -2.14. The summed E-state index contributed by atoms with van der Waals surface area (Å²) in [6, 6.07) is 57.8. The van der Waals surface area contributed by atoms with Crippen molar-refractivity contribution in [2.24, 2.45) is 0 Å². The number of hydrogen-bond donors (Lipinski definition) is 0. The van der Waals surface area contributed by atoms with E-state index in [0.29, 0.717) is 5.82 Å². The van der Waals surface area contributed by atoms with Gasteiger partial charge >= 0.3 is 0 Å². The topological polar surface area (TPSA) is 30.7 Å². The third kappa shape index (κ3) is 4.13. The van der Waals surface area contributed by atoms with Gasteiger partial charge in [0.25, 0.3) is 0 Å². The Balaban J connectivity index is 1.33. The number of aromatic nitrogens is 3. The fraction of sp³-hybridized carbons (Fsp3) is 0. The summed E-state index contributed by atoms with van der Waals surface area (Å²) in [7, 11) is 0. The predicted octanol–water partition coefficient (Wildman–Crippen LogP) is 10.9. The monoisotopic (exact) mass is 573 g/mol. The number of fused-ring (bicyclic) bond motifs is 8. The van der Waals surface area contributed by atoms with Crippen LogP contribution in [-0.2, 0) is 0 Å². The van der Waals surface area contributed by atoms with E-state index in [0.717, 1.165) is 33.8 Å². The van der Waals surface area contributed by atoms with E-state index in [4.69, 9.17) is 9.97 Å².